The summed E-state index contributed by atoms with van der Waals surface area (Å²) < 4.78 is 0. The summed E-state index contributed by atoms with van der Waals surface area (Å²) in [5, 5.41) is 10.2. The van der Waals surface area contributed by atoms with Gasteiger partial charge in [-0.05, 0) is 22.9 Å². The molecule has 5 heteroatoms. The van der Waals surface area contributed by atoms with Gasteiger partial charge in [-0.1, -0.05) is 6.07 Å². The zero-order chi connectivity index (χ0) is 12.8. The highest BCUT2D eigenvalue weighted by Gasteiger charge is 2.03. The molecule has 2 N–H and O–H groups in total. The van der Waals surface area contributed by atoms with E-state index in [4.69, 9.17) is 0 Å². The number of amides is 1. The molecule has 0 aliphatic rings. The first kappa shape index (κ1) is 13.3. The summed E-state index contributed by atoms with van der Waals surface area (Å²) in [6.45, 7) is 1.54. The van der Waals surface area contributed by atoms with E-state index in [9.17, 15) is 4.79 Å². The van der Waals surface area contributed by atoms with Crippen LogP contribution in [0.4, 0.5) is 0 Å². The van der Waals surface area contributed by atoms with Gasteiger partial charge in [0.15, 0.2) is 0 Å². The predicted molar refractivity (Wildman–Crippen MR) is 78.0 cm³/mol. The smallest absolute Gasteiger partial charge is 0.221 e. The summed E-state index contributed by atoms with van der Waals surface area (Å²) in [4.78, 5) is 13.6. The van der Waals surface area contributed by atoms with Crippen LogP contribution in [0.2, 0.25) is 0 Å². The lowest BCUT2D eigenvalue weighted by Gasteiger charge is -2.01. The molecule has 0 aliphatic heterocycles. The van der Waals surface area contributed by atoms with E-state index in [2.05, 4.69) is 39.6 Å². The van der Waals surface area contributed by atoms with Gasteiger partial charge in [-0.25, -0.2) is 0 Å². The van der Waals surface area contributed by atoms with E-state index in [0.29, 0.717) is 13.0 Å². The van der Waals surface area contributed by atoms with Crippen LogP contribution in [0.25, 0.3) is 10.4 Å². The first-order chi connectivity index (χ1) is 8.79. The number of hydrogen-bond donors (Lipinski definition) is 2. The normalized spacial score (nSPS) is 10.5. The van der Waals surface area contributed by atoms with Crippen LogP contribution in [0.3, 0.4) is 0 Å². The summed E-state index contributed by atoms with van der Waals surface area (Å²) in [6, 6.07) is 6.41. The lowest BCUT2D eigenvalue weighted by atomic mass is 10.2. The molecule has 0 aliphatic carbocycles. The Balaban J connectivity index is 1.79. The Kier molecular flexibility index (Phi) is 4.92. The molecule has 0 spiro atoms. The largest absolute Gasteiger partial charge is 0.359 e. The molecule has 0 aromatic carbocycles. The molecule has 2 aromatic heterocycles. The second kappa shape index (κ2) is 6.68. The first-order valence-electron chi connectivity index (χ1n) is 5.82. The molecule has 2 aromatic rings. The van der Waals surface area contributed by atoms with E-state index in [-0.39, 0.29) is 5.91 Å². The predicted octanol–water partition coefficient (Wildman–Crippen LogP) is 2.70. The third-order valence-corrected chi connectivity index (χ3v) is 4.42. The van der Waals surface area contributed by atoms with Crippen LogP contribution in [0.15, 0.2) is 29.0 Å². The summed E-state index contributed by atoms with van der Waals surface area (Å²) >= 11 is 3.51. The summed E-state index contributed by atoms with van der Waals surface area (Å²) in [7, 11) is 1.66. The van der Waals surface area contributed by atoms with Crippen molar-refractivity contribution in [3.63, 3.8) is 0 Å². The molecule has 0 fully saturated rings. The van der Waals surface area contributed by atoms with Gasteiger partial charge in [0.25, 0.3) is 0 Å². The van der Waals surface area contributed by atoms with Gasteiger partial charge in [0.05, 0.1) is 0 Å². The van der Waals surface area contributed by atoms with Crippen LogP contribution in [0, 0.1) is 0 Å². The van der Waals surface area contributed by atoms with Crippen LogP contribution in [0.5, 0.6) is 0 Å². The highest BCUT2D eigenvalue weighted by atomic mass is 32.1. The highest BCUT2D eigenvalue weighted by molar-refractivity contribution is 7.14. The van der Waals surface area contributed by atoms with Crippen molar-refractivity contribution >= 4 is 28.6 Å². The average Bonchev–Trinajstić information content (AvgIpc) is 3.04. The van der Waals surface area contributed by atoms with Crippen molar-refractivity contribution in [3.8, 4) is 10.4 Å². The quantitative estimate of drug-likeness (QED) is 0.799. The number of hydrogen-bond acceptors (Lipinski definition) is 4. The maximum atomic E-state index is 11.0. The molecule has 18 heavy (non-hydrogen) atoms. The van der Waals surface area contributed by atoms with Crippen molar-refractivity contribution in [2.75, 3.05) is 13.6 Å². The fraction of sp³-hybridized carbons (Fsp3) is 0.308. The Morgan fingerprint density at radius 3 is 3.00 bits per heavy atom. The summed E-state index contributed by atoms with van der Waals surface area (Å²) in [5.41, 5.74) is 1.29. The minimum atomic E-state index is 0.0768. The molecule has 0 saturated heterocycles. The Hall–Kier alpha value is -1.17. The van der Waals surface area contributed by atoms with Gasteiger partial charge in [0, 0.05) is 41.9 Å². The molecule has 2 rings (SSSR count). The van der Waals surface area contributed by atoms with E-state index in [1.54, 1.807) is 29.7 Å². The molecular formula is C13H16N2OS2. The molecule has 0 unspecified atom stereocenters. The fourth-order valence-corrected chi connectivity index (χ4v) is 3.23. The Morgan fingerprint density at radius 1 is 1.39 bits per heavy atom. The van der Waals surface area contributed by atoms with E-state index in [1.165, 1.54) is 15.3 Å². The second-order valence-electron chi connectivity index (χ2n) is 3.88. The lowest BCUT2D eigenvalue weighted by Crippen LogP contribution is -2.24. The molecule has 3 nitrogen and oxygen atoms in total. The minimum absolute atomic E-state index is 0.0768. The van der Waals surface area contributed by atoms with Gasteiger partial charge in [0.1, 0.15) is 0 Å². The zero-order valence-corrected chi connectivity index (χ0v) is 11.9. The molecule has 1 amide bonds. The number of carbonyl (C=O) groups excluding carboxylic acids is 1. The van der Waals surface area contributed by atoms with Gasteiger partial charge < -0.3 is 10.6 Å². The molecular weight excluding hydrogens is 264 g/mol. The van der Waals surface area contributed by atoms with Crippen LogP contribution < -0.4 is 10.6 Å². The summed E-state index contributed by atoms with van der Waals surface area (Å²) in [5.74, 6) is 0.0768. The van der Waals surface area contributed by atoms with Crippen LogP contribution >= 0.6 is 22.7 Å². The van der Waals surface area contributed by atoms with Crippen molar-refractivity contribution in [1.29, 1.82) is 0 Å². The Morgan fingerprint density at radius 2 is 2.28 bits per heavy atom. The summed E-state index contributed by atoms with van der Waals surface area (Å²) in [6.07, 6.45) is 0.527. The number of thiophene rings is 2. The van der Waals surface area contributed by atoms with Gasteiger partial charge >= 0.3 is 0 Å². The maximum Gasteiger partial charge on any atom is 0.221 e. The molecule has 2 heterocycles. The minimum Gasteiger partial charge on any atom is -0.359 e. The van der Waals surface area contributed by atoms with Crippen molar-refractivity contribution in [2.24, 2.45) is 0 Å². The SMILES string of the molecule is CNC(=O)CCNCc1cc(-c2cccs2)cs1. The monoisotopic (exact) mass is 280 g/mol. The van der Waals surface area contributed by atoms with Crippen LogP contribution in [0.1, 0.15) is 11.3 Å². The number of nitrogens with one attached hydrogen (secondary N) is 2. The van der Waals surface area contributed by atoms with E-state index < -0.39 is 0 Å². The first-order valence-corrected chi connectivity index (χ1v) is 7.58. The lowest BCUT2D eigenvalue weighted by molar-refractivity contribution is -0.120. The molecule has 0 bridgehead atoms. The average molecular weight is 280 g/mol. The van der Waals surface area contributed by atoms with Gasteiger partial charge in [-0.15, -0.1) is 22.7 Å². The highest BCUT2D eigenvalue weighted by Crippen LogP contribution is 2.29. The molecule has 0 saturated carbocycles. The van der Waals surface area contributed by atoms with Crippen molar-refractivity contribution < 1.29 is 4.79 Å². The fourth-order valence-electron chi connectivity index (χ4n) is 1.58. The van der Waals surface area contributed by atoms with E-state index in [0.717, 1.165) is 6.54 Å². The number of carbonyl (C=O) groups is 1. The Labute approximate surface area is 115 Å². The van der Waals surface area contributed by atoms with Crippen molar-refractivity contribution in [3.05, 3.63) is 33.8 Å². The Bertz CT molecular complexity index is 491. The van der Waals surface area contributed by atoms with E-state index in [1.807, 2.05) is 0 Å². The standard InChI is InChI=1S/C13H16N2OS2/c1-14-13(16)4-5-15-8-11-7-10(9-18-11)12-3-2-6-17-12/h2-3,6-7,9,15H,4-5,8H2,1H3,(H,14,16). The van der Waals surface area contributed by atoms with Crippen LogP contribution in [-0.4, -0.2) is 19.5 Å². The third kappa shape index (κ3) is 3.66. The van der Waals surface area contributed by atoms with Gasteiger partial charge in [-0.2, -0.15) is 0 Å². The topological polar surface area (TPSA) is 41.1 Å². The van der Waals surface area contributed by atoms with E-state index >= 15 is 0 Å². The van der Waals surface area contributed by atoms with Crippen LogP contribution in [-0.2, 0) is 11.3 Å². The van der Waals surface area contributed by atoms with Gasteiger partial charge in [0.2, 0.25) is 5.91 Å². The van der Waals surface area contributed by atoms with Gasteiger partial charge in [-0.3, -0.25) is 4.79 Å². The second-order valence-corrected chi connectivity index (χ2v) is 5.82. The maximum absolute atomic E-state index is 11.0. The number of rotatable bonds is 6. The molecule has 0 radical (unpaired) electrons. The zero-order valence-electron chi connectivity index (χ0n) is 10.2. The molecule has 0 atom stereocenters. The third-order valence-electron chi connectivity index (χ3n) is 2.57. The van der Waals surface area contributed by atoms with Crippen molar-refractivity contribution in [2.45, 2.75) is 13.0 Å². The molecule has 96 valence electrons. The van der Waals surface area contributed by atoms with Crippen molar-refractivity contribution in [1.82, 2.24) is 10.6 Å².